The van der Waals surface area contributed by atoms with Crippen molar-refractivity contribution >= 4 is 18.5 Å². The number of anilines is 1. The van der Waals surface area contributed by atoms with E-state index in [0.29, 0.717) is 11.9 Å². The molecule has 7 heteroatoms. The van der Waals surface area contributed by atoms with Gasteiger partial charge in [0.2, 0.25) is 5.95 Å². The zero-order valence-corrected chi connectivity index (χ0v) is 14.5. The van der Waals surface area contributed by atoms with Gasteiger partial charge in [-0.05, 0) is 46.5 Å². The number of rotatable bonds is 3. The highest BCUT2D eigenvalue weighted by Gasteiger charge is 2.52. The zero-order chi connectivity index (χ0) is 16.7. The number of hydrogen-bond acceptors (Lipinski definition) is 6. The molecule has 2 fully saturated rings. The van der Waals surface area contributed by atoms with Crippen LogP contribution in [-0.4, -0.2) is 53.1 Å². The fraction of sp³-hybridized carbons (Fsp3) is 0.750. The molecule has 3 heterocycles. The molecule has 3 rings (SSSR count). The molecule has 0 radical (unpaired) electrons. The van der Waals surface area contributed by atoms with Gasteiger partial charge >= 0.3 is 7.12 Å². The molecule has 23 heavy (non-hydrogen) atoms. The first kappa shape index (κ1) is 16.7. The SMILES string of the molecule is CC1(C)OB(c2cnc(N3CCCC(CO)C3)nc2)OC1(C)C. The fourth-order valence-electron chi connectivity index (χ4n) is 2.99. The van der Waals surface area contributed by atoms with E-state index >= 15 is 0 Å². The van der Waals surface area contributed by atoms with Gasteiger partial charge in [-0.2, -0.15) is 0 Å². The van der Waals surface area contributed by atoms with E-state index in [1.54, 1.807) is 12.4 Å². The Labute approximate surface area is 138 Å². The van der Waals surface area contributed by atoms with E-state index < -0.39 is 7.12 Å². The molecule has 0 saturated carbocycles. The molecule has 1 N–H and O–H groups in total. The summed E-state index contributed by atoms with van der Waals surface area (Å²) in [5, 5.41) is 9.34. The van der Waals surface area contributed by atoms with E-state index in [2.05, 4.69) is 14.9 Å². The van der Waals surface area contributed by atoms with Gasteiger partial charge < -0.3 is 19.3 Å². The standard InChI is InChI=1S/C16H26BN3O3/c1-15(2)16(3,4)23-17(22-15)13-8-18-14(19-9-13)20-7-5-6-12(10-20)11-21/h8-9,12,21H,5-7,10-11H2,1-4H3. The van der Waals surface area contributed by atoms with Gasteiger partial charge in [0, 0.05) is 37.6 Å². The summed E-state index contributed by atoms with van der Waals surface area (Å²) in [5.74, 6) is 1.03. The van der Waals surface area contributed by atoms with Crippen LogP contribution in [0.4, 0.5) is 5.95 Å². The van der Waals surface area contributed by atoms with Gasteiger partial charge in [-0.1, -0.05) is 0 Å². The number of aromatic nitrogens is 2. The van der Waals surface area contributed by atoms with Crippen LogP contribution >= 0.6 is 0 Å². The van der Waals surface area contributed by atoms with Gasteiger partial charge in [0.15, 0.2) is 0 Å². The maximum atomic E-state index is 9.34. The summed E-state index contributed by atoms with van der Waals surface area (Å²) in [6.45, 7) is 10.1. The second-order valence-corrected chi connectivity index (χ2v) is 7.54. The molecule has 0 bridgehead atoms. The first-order chi connectivity index (χ1) is 10.8. The molecule has 2 aliphatic rings. The molecule has 1 atom stereocenters. The van der Waals surface area contributed by atoms with E-state index in [1.165, 1.54) is 0 Å². The minimum absolute atomic E-state index is 0.225. The van der Waals surface area contributed by atoms with Gasteiger partial charge in [0.25, 0.3) is 0 Å². The summed E-state index contributed by atoms with van der Waals surface area (Å²) in [7, 11) is -0.430. The Hall–Kier alpha value is -1.18. The third-order valence-corrected chi connectivity index (χ3v) is 5.24. The summed E-state index contributed by atoms with van der Waals surface area (Å²) in [6.07, 6.45) is 5.70. The molecular weight excluding hydrogens is 293 g/mol. The quantitative estimate of drug-likeness (QED) is 0.838. The average Bonchev–Trinajstić information content (AvgIpc) is 2.76. The van der Waals surface area contributed by atoms with Crippen molar-refractivity contribution in [1.82, 2.24) is 9.97 Å². The number of aliphatic hydroxyl groups excluding tert-OH is 1. The van der Waals surface area contributed by atoms with Crippen LogP contribution in [0.2, 0.25) is 0 Å². The lowest BCUT2D eigenvalue weighted by atomic mass is 9.81. The molecule has 0 aromatic carbocycles. The smallest absolute Gasteiger partial charge is 0.399 e. The average molecular weight is 319 g/mol. The van der Waals surface area contributed by atoms with Crippen LogP contribution in [0.5, 0.6) is 0 Å². The van der Waals surface area contributed by atoms with Crippen molar-refractivity contribution in [1.29, 1.82) is 0 Å². The van der Waals surface area contributed by atoms with E-state index in [4.69, 9.17) is 9.31 Å². The zero-order valence-electron chi connectivity index (χ0n) is 14.5. The molecule has 1 unspecified atom stereocenters. The van der Waals surface area contributed by atoms with Crippen molar-refractivity contribution in [3.05, 3.63) is 12.4 Å². The summed E-state index contributed by atoms with van der Waals surface area (Å²) >= 11 is 0. The van der Waals surface area contributed by atoms with Gasteiger partial charge in [-0.25, -0.2) is 9.97 Å². The van der Waals surface area contributed by atoms with Gasteiger partial charge in [-0.3, -0.25) is 0 Å². The summed E-state index contributed by atoms with van der Waals surface area (Å²) in [6, 6.07) is 0. The fourth-order valence-corrected chi connectivity index (χ4v) is 2.99. The molecule has 126 valence electrons. The second kappa shape index (κ2) is 6.04. The second-order valence-electron chi connectivity index (χ2n) is 7.54. The van der Waals surface area contributed by atoms with Crippen molar-refractivity contribution in [3.63, 3.8) is 0 Å². The van der Waals surface area contributed by atoms with Crippen molar-refractivity contribution < 1.29 is 14.4 Å². The largest absolute Gasteiger partial charge is 0.498 e. The van der Waals surface area contributed by atoms with E-state index in [9.17, 15) is 5.11 Å². The lowest BCUT2D eigenvalue weighted by molar-refractivity contribution is 0.00578. The Morgan fingerprint density at radius 1 is 1.22 bits per heavy atom. The molecule has 2 saturated heterocycles. The van der Waals surface area contributed by atoms with Gasteiger partial charge in [0.05, 0.1) is 11.2 Å². The van der Waals surface area contributed by atoms with E-state index in [0.717, 1.165) is 31.4 Å². The van der Waals surface area contributed by atoms with E-state index in [-0.39, 0.29) is 17.8 Å². The molecule has 0 aliphatic carbocycles. The van der Waals surface area contributed by atoms with Crippen LogP contribution in [0.1, 0.15) is 40.5 Å². The first-order valence-electron chi connectivity index (χ1n) is 8.36. The molecular formula is C16H26BN3O3. The van der Waals surface area contributed by atoms with Crippen LogP contribution in [0.3, 0.4) is 0 Å². The predicted molar refractivity (Wildman–Crippen MR) is 89.8 cm³/mol. The summed E-state index contributed by atoms with van der Waals surface area (Å²) in [5.41, 5.74) is 0.109. The van der Waals surface area contributed by atoms with Crippen LogP contribution < -0.4 is 10.4 Å². The number of hydrogen-bond donors (Lipinski definition) is 1. The van der Waals surface area contributed by atoms with Gasteiger partial charge in [-0.15, -0.1) is 0 Å². The maximum absolute atomic E-state index is 9.34. The highest BCUT2D eigenvalue weighted by atomic mass is 16.7. The minimum Gasteiger partial charge on any atom is -0.399 e. The number of aliphatic hydroxyl groups is 1. The molecule has 2 aliphatic heterocycles. The summed E-state index contributed by atoms with van der Waals surface area (Å²) < 4.78 is 12.0. The lowest BCUT2D eigenvalue weighted by Crippen LogP contribution is -2.41. The Balaban J connectivity index is 1.71. The topological polar surface area (TPSA) is 67.7 Å². The predicted octanol–water partition coefficient (Wildman–Crippen LogP) is 0.984. The van der Waals surface area contributed by atoms with Crippen LogP contribution in [0, 0.1) is 5.92 Å². The van der Waals surface area contributed by atoms with Crippen LogP contribution in [0.15, 0.2) is 12.4 Å². The number of piperidine rings is 1. The summed E-state index contributed by atoms with van der Waals surface area (Å²) in [4.78, 5) is 11.1. The Kier molecular flexibility index (Phi) is 4.38. The first-order valence-corrected chi connectivity index (χ1v) is 8.36. The van der Waals surface area contributed by atoms with Crippen molar-refractivity contribution in [2.45, 2.75) is 51.7 Å². The third kappa shape index (κ3) is 3.23. The maximum Gasteiger partial charge on any atom is 0.498 e. The van der Waals surface area contributed by atoms with Crippen molar-refractivity contribution in [3.8, 4) is 0 Å². The Morgan fingerprint density at radius 2 is 1.83 bits per heavy atom. The van der Waals surface area contributed by atoms with Crippen LogP contribution in [0.25, 0.3) is 0 Å². The third-order valence-electron chi connectivity index (χ3n) is 5.24. The molecule has 1 aromatic heterocycles. The molecule has 0 amide bonds. The van der Waals surface area contributed by atoms with Crippen molar-refractivity contribution in [2.75, 3.05) is 24.6 Å². The highest BCUT2D eigenvalue weighted by molar-refractivity contribution is 6.61. The highest BCUT2D eigenvalue weighted by Crippen LogP contribution is 2.36. The van der Waals surface area contributed by atoms with E-state index in [1.807, 2.05) is 27.7 Å². The normalized spacial score (nSPS) is 26.6. The molecule has 0 spiro atoms. The van der Waals surface area contributed by atoms with Gasteiger partial charge in [0.1, 0.15) is 0 Å². The lowest BCUT2D eigenvalue weighted by Gasteiger charge is -2.32. The van der Waals surface area contributed by atoms with Crippen LogP contribution in [-0.2, 0) is 9.31 Å². The van der Waals surface area contributed by atoms with Crippen molar-refractivity contribution in [2.24, 2.45) is 5.92 Å². The Morgan fingerprint density at radius 3 is 2.39 bits per heavy atom. The molecule has 1 aromatic rings. The minimum atomic E-state index is -0.430. The number of nitrogens with zero attached hydrogens (tertiary/aromatic N) is 3. The Bertz CT molecular complexity index is 534. The monoisotopic (exact) mass is 319 g/mol. The molecule has 6 nitrogen and oxygen atoms in total.